The van der Waals surface area contributed by atoms with Crippen LogP contribution < -0.4 is 5.43 Å². The minimum Gasteiger partial charge on any atom is -0.370 e. The summed E-state index contributed by atoms with van der Waals surface area (Å²) in [6.07, 6.45) is 4.24. The van der Waals surface area contributed by atoms with Crippen LogP contribution in [0.5, 0.6) is 0 Å². The summed E-state index contributed by atoms with van der Waals surface area (Å²) in [5.74, 6) is -0.187. The Kier molecular flexibility index (Phi) is 5.98. The summed E-state index contributed by atoms with van der Waals surface area (Å²) in [6, 6.07) is 0. The molecule has 1 heterocycles. The lowest BCUT2D eigenvalue weighted by atomic mass is 10.1. The lowest BCUT2D eigenvalue weighted by molar-refractivity contribution is -0.124. The molecule has 0 aliphatic carbocycles. The average Bonchev–Trinajstić information content (AvgIpc) is 3.00. The van der Waals surface area contributed by atoms with Gasteiger partial charge in [-0.25, -0.2) is 5.43 Å². The number of hydrogen-bond donors (Lipinski definition) is 1. The molecule has 18 heavy (non-hydrogen) atoms. The van der Waals surface area contributed by atoms with Gasteiger partial charge in [-0.15, -0.1) is 0 Å². The van der Waals surface area contributed by atoms with Gasteiger partial charge in [0.2, 0.25) is 5.91 Å². The smallest absolute Gasteiger partial charge is 0.240 e. The Hall–Kier alpha value is -1.23. The van der Waals surface area contributed by atoms with Crippen LogP contribution in [0.25, 0.3) is 0 Å². The van der Waals surface area contributed by atoms with E-state index in [2.05, 4.69) is 17.5 Å². The molecule has 5 heteroatoms. The van der Waals surface area contributed by atoms with Gasteiger partial charge in [0.15, 0.2) is 0 Å². The Labute approximate surface area is 108 Å². The van der Waals surface area contributed by atoms with E-state index in [1.165, 1.54) is 6.92 Å². The Balaban J connectivity index is 2.08. The molecular formula is C13H22N2O3. The first-order chi connectivity index (χ1) is 8.49. The maximum Gasteiger partial charge on any atom is 0.240 e. The summed E-state index contributed by atoms with van der Waals surface area (Å²) in [7, 11) is 0. The van der Waals surface area contributed by atoms with Crippen molar-refractivity contribution in [3.8, 4) is 0 Å². The molecular weight excluding hydrogens is 232 g/mol. The summed E-state index contributed by atoms with van der Waals surface area (Å²) in [4.78, 5) is 22.0. The minimum atomic E-state index is -0.205. The lowest BCUT2D eigenvalue weighted by Gasteiger charge is -2.01. The molecule has 0 aromatic carbocycles. The maximum absolute atomic E-state index is 11.3. The molecule has 1 amide bonds. The van der Waals surface area contributed by atoms with Gasteiger partial charge in [-0.3, -0.25) is 4.79 Å². The highest BCUT2D eigenvalue weighted by Crippen LogP contribution is 2.26. The minimum absolute atomic E-state index is 0.0180. The fourth-order valence-corrected chi connectivity index (χ4v) is 1.65. The molecule has 0 aromatic heterocycles. The van der Waals surface area contributed by atoms with Crippen LogP contribution in [0.1, 0.15) is 52.9 Å². The van der Waals surface area contributed by atoms with Gasteiger partial charge < -0.3 is 9.53 Å². The number of carbonyl (C=O) groups excluding carboxylic acids is 2. The van der Waals surface area contributed by atoms with Crippen molar-refractivity contribution in [2.45, 2.75) is 65.1 Å². The van der Waals surface area contributed by atoms with E-state index in [0.29, 0.717) is 12.2 Å². The molecule has 0 aromatic rings. The normalized spacial score (nSPS) is 22.7. The molecule has 0 radical (unpaired) electrons. The third-order valence-corrected chi connectivity index (χ3v) is 2.94. The second kappa shape index (κ2) is 7.26. The number of nitrogens with zero attached hydrogens (tertiary/aromatic N) is 1. The Morgan fingerprint density at radius 1 is 1.22 bits per heavy atom. The number of rotatable bonds is 8. The van der Waals surface area contributed by atoms with E-state index in [9.17, 15) is 9.59 Å². The second-order valence-corrected chi connectivity index (χ2v) is 4.86. The van der Waals surface area contributed by atoms with E-state index in [1.54, 1.807) is 0 Å². The van der Waals surface area contributed by atoms with Crippen LogP contribution in [0.2, 0.25) is 0 Å². The van der Waals surface area contributed by atoms with Crippen LogP contribution in [-0.2, 0) is 14.3 Å². The molecule has 1 aliphatic rings. The van der Waals surface area contributed by atoms with Crippen LogP contribution in [0.15, 0.2) is 5.10 Å². The number of hydrogen-bond acceptors (Lipinski definition) is 4. The zero-order valence-corrected chi connectivity index (χ0v) is 11.4. The Bertz CT molecular complexity index is 339. The van der Waals surface area contributed by atoms with Gasteiger partial charge in [-0.05, 0) is 40.0 Å². The first-order valence-electron chi connectivity index (χ1n) is 6.46. The van der Waals surface area contributed by atoms with Crippen molar-refractivity contribution in [2.75, 3.05) is 0 Å². The fourth-order valence-electron chi connectivity index (χ4n) is 1.65. The molecule has 0 spiro atoms. The van der Waals surface area contributed by atoms with Gasteiger partial charge in [-0.1, -0.05) is 0 Å². The molecule has 1 rings (SSSR count). The zero-order valence-electron chi connectivity index (χ0n) is 11.4. The third-order valence-electron chi connectivity index (χ3n) is 2.94. The summed E-state index contributed by atoms with van der Waals surface area (Å²) in [5.41, 5.74) is 3.37. The zero-order chi connectivity index (χ0) is 13.5. The maximum atomic E-state index is 11.3. The molecule has 1 N–H and O–H groups in total. The molecule has 0 bridgehead atoms. The quantitative estimate of drug-likeness (QED) is 0.408. The first-order valence-corrected chi connectivity index (χ1v) is 6.46. The fraction of sp³-hybridized carbons (Fsp3) is 0.769. The SMILES string of the molecule is CC(=O)CCC(=O)N/N=C(\C)CCCC1OC1C. The predicted molar refractivity (Wildman–Crippen MR) is 69.4 cm³/mol. The van der Waals surface area contributed by atoms with Crippen molar-refractivity contribution < 1.29 is 14.3 Å². The van der Waals surface area contributed by atoms with Gasteiger partial charge >= 0.3 is 0 Å². The standard InChI is InChI=1S/C13H22N2O3/c1-9(5-4-6-12-11(3)18-12)14-15-13(17)8-7-10(2)16/h11-12H,4-8H2,1-3H3,(H,15,17)/b14-9+. The van der Waals surface area contributed by atoms with Crippen molar-refractivity contribution in [3.05, 3.63) is 0 Å². The third kappa shape index (κ3) is 6.49. The van der Waals surface area contributed by atoms with Gasteiger partial charge in [0.1, 0.15) is 5.78 Å². The highest BCUT2D eigenvalue weighted by Gasteiger charge is 2.32. The van der Waals surface area contributed by atoms with E-state index in [0.717, 1.165) is 25.0 Å². The van der Waals surface area contributed by atoms with Crippen LogP contribution in [0, 0.1) is 0 Å². The van der Waals surface area contributed by atoms with Crippen molar-refractivity contribution >= 4 is 17.4 Å². The molecule has 1 saturated heterocycles. The van der Waals surface area contributed by atoms with Crippen molar-refractivity contribution in [2.24, 2.45) is 5.10 Å². The predicted octanol–water partition coefficient (Wildman–Crippen LogP) is 1.81. The van der Waals surface area contributed by atoms with E-state index < -0.39 is 0 Å². The first kappa shape index (κ1) is 14.8. The molecule has 102 valence electrons. The van der Waals surface area contributed by atoms with E-state index in [1.807, 2.05) is 6.92 Å². The van der Waals surface area contributed by atoms with Gasteiger partial charge in [0.05, 0.1) is 12.2 Å². The lowest BCUT2D eigenvalue weighted by Crippen LogP contribution is -2.19. The van der Waals surface area contributed by atoms with Crippen LogP contribution in [0.4, 0.5) is 0 Å². The van der Waals surface area contributed by atoms with Gasteiger partial charge in [-0.2, -0.15) is 5.10 Å². The largest absolute Gasteiger partial charge is 0.370 e. The molecule has 0 saturated carbocycles. The number of carbonyl (C=O) groups is 2. The van der Waals surface area contributed by atoms with E-state index >= 15 is 0 Å². The number of Topliss-reactive ketones (excluding diaryl/α,β-unsaturated/α-hetero) is 1. The Morgan fingerprint density at radius 3 is 2.44 bits per heavy atom. The molecule has 1 aliphatic heterocycles. The highest BCUT2D eigenvalue weighted by atomic mass is 16.6. The second-order valence-electron chi connectivity index (χ2n) is 4.86. The monoisotopic (exact) mass is 254 g/mol. The number of ether oxygens (including phenoxy) is 1. The number of ketones is 1. The summed E-state index contributed by atoms with van der Waals surface area (Å²) in [5, 5.41) is 4.00. The van der Waals surface area contributed by atoms with Gasteiger partial charge in [0, 0.05) is 18.6 Å². The average molecular weight is 254 g/mol. The van der Waals surface area contributed by atoms with Gasteiger partial charge in [0.25, 0.3) is 0 Å². The van der Waals surface area contributed by atoms with Crippen LogP contribution in [0.3, 0.4) is 0 Å². The van der Waals surface area contributed by atoms with Crippen LogP contribution in [-0.4, -0.2) is 29.6 Å². The van der Waals surface area contributed by atoms with E-state index in [-0.39, 0.29) is 24.5 Å². The Morgan fingerprint density at radius 2 is 1.89 bits per heavy atom. The number of epoxide rings is 1. The summed E-state index contributed by atoms with van der Waals surface area (Å²) >= 11 is 0. The highest BCUT2D eigenvalue weighted by molar-refractivity contribution is 5.86. The number of amides is 1. The number of hydrazone groups is 1. The molecule has 2 atom stereocenters. The topological polar surface area (TPSA) is 71.1 Å². The molecule has 1 fully saturated rings. The van der Waals surface area contributed by atoms with E-state index in [4.69, 9.17) is 4.74 Å². The van der Waals surface area contributed by atoms with Crippen molar-refractivity contribution in [1.82, 2.24) is 5.43 Å². The van der Waals surface area contributed by atoms with Crippen LogP contribution >= 0.6 is 0 Å². The summed E-state index contributed by atoms with van der Waals surface area (Å²) in [6.45, 7) is 5.44. The van der Waals surface area contributed by atoms with Crippen molar-refractivity contribution in [1.29, 1.82) is 0 Å². The molecule has 5 nitrogen and oxygen atoms in total. The molecule has 2 unspecified atom stereocenters. The van der Waals surface area contributed by atoms with Crippen molar-refractivity contribution in [3.63, 3.8) is 0 Å². The summed E-state index contributed by atoms with van der Waals surface area (Å²) < 4.78 is 5.31. The number of nitrogens with one attached hydrogen (secondary N) is 1.